The maximum Gasteiger partial charge on any atom is 0.321 e. The zero-order chi connectivity index (χ0) is 20.4. The van der Waals surface area contributed by atoms with E-state index in [1.165, 1.54) is 37.7 Å². The minimum absolute atomic E-state index is 0.0725. The summed E-state index contributed by atoms with van der Waals surface area (Å²) in [5, 5.41) is 8.13. The number of nitrogens with zero attached hydrogens (tertiary/aromatic N) is 2. The van der Waals surface area contributed by atoms with Crippen LogP contribution in [0.4, 0.5) is 0 Å². The summed E-state index contributed by atoms with van der Waals surface area (Å²) in [6.45, 7) is 4.10. The molecule has 2 rings (SSSR count). The number of benzene rings is 1. The summed E-state index contributed by atoms with van der Waals surface area (Å²) >= 11 is 5.89. The molecule has 0 amide bonds. The van der Waals surface area contributed by atoms with E-state index in [4.69, 9.17) is 16.7 Å². The highest BCUT2D eigenvalue weighted by Crippen LogP contribution is 2.20. The van der Waals surface area contributed by atoms with Gasteiger partial charge in [0.05, 0.1) is 0 Å². The number of hydrogen-bond acceptors (Lipinski definition) is 3. The van der Waals surface area contributed by atoms with Gasteiger partial charge in [0.1, 0.15) is 5.38 Å². The molecule has 1 aromatic heterocycles. The third kappa shape index (κ3) is 7.23. The number of unbranched alkanes of at least 4 members (excludes halogenated alkanes) is 4. The zero-order valence-electron chi connectivity index (χ0n) is 16.9. The van der Waals surface area contributed by atoms with Gasteiger partial charge in [-0.25, -0.2) is 9.97 Å². The first kappa shape index (κ1) is 22.4. The van der Waals surface area contributed by atoms with Gasteiger partial charge in [0.25, 0.3) is 0 Å². The number of alkyl halides is 1. The number of carboxylic acids is 1. The lowest BCUT2D eigenvalue weighted by atomic mass is 9.97. The van der Waals surface area contributed by atoms with Gasteiger partial charge in [-0.1, -0.05) is 63.8 Å². The van der Waals surface area contributed by atoms with Gasteiger partial charge in [-0.15, -0.1) is 11.6 Å². The highest BCUT2D eigenvalue weighted by atomic mass is 35.5. The van der Waals surface area contributed by atoms with E-state index in [9.17, 15) is 4.79 Å². The molecule has 2 aromatic rings. The van der Waals surface area contributed by atoms with Gasteiger partial charge in [0, 0.05) is 18.0 Å². The number of hydrogen-bond donors (Lipinski definition) is 1. The third-order valence-corrected chi connectivity index (χ3v) is 5.73. The largest absolute Gasteiger partial charge is 0.480 e. The molecule has 0 saturated heterocycles. The molecule has 1 heterocycles. The first-order valence-electron chi connectivity index (χ1n) is 10.3. The minimum Gasteiger partial charge on any atom is -0.480 e. The molecule has 0 aliphatic heterocycles. The third-order valence-electron chi connectivity index (χ3n) is 5.11. The van der Waals surface area contributed by atoms with Crippen LogP contribution in [0, 0.1) is 5.92 Å². The van der Waals surface area contributed by atoms with Crippen LogP contribution in [0.3, 0.4) is 0 Å². The molecule has 0 fully saturated rings. The van der Waals surface area contributed by atoms with Crippen molar-refractivity contribution in [3.8, 4) is 11.4 Å². The first-order valence-corrected chi connectivity index (χ1v) is 10.7. The molecule has 4 nitrogen and oxygen atoms in total. The summed E-state index contributed by atoms with van der Waals surface area (Å²) in [6, 6.07) is 8.15. The molecular formula is C23H31ClN2O2. The van der Waals surface area contributed by atoms with Crippen molar-refractivity contribution in [3.63, 3.8) is 0 Å². The summed E-state index contributed by atoms with van der Waals surface area (Å²) in [7, 11) is 0. The molecule has 1 N–H and O–H groups in total. The Bertz CT molecular complexity index is 716. The Morgan fingerprint density at radius 2 is 1.64 bits per heavy atom. The maximum absolute atomic E-state index is 10.9. The SMILES string of the molecule is CCCCCCCc1cnc(-c2ccc(CCC(C)C(Cl)C(=O)O)cc2)nc1. The monoisotopic (exact) mass is 402 g/mol. The van der Waals surface area contributed by atoms with Gasteiger partial charge >= 0.3 is 5.97 Å². The van der Waals surface area contributed by atoms with E-state index >= 15 is 0 Å². The molecule has 0 spiro atoms. The molecule has 0 aliphatic carbocycles. The Labute approximate surface area is 173 Å². The van der Waals surface area contributed by atoms with Crippen LogP contribution in [-0.2, 0) is 17.6 Å². The van der Waals surface area contributed by atoms with Crippen molar-refractivity contribution in [1.82, 2.24) is 9.97 Å². The van der Waals surface area contributed by atoms with Gasteiger partial charge < -0.3 is 5.11 Å². The van der Waals surface area contributed by atoms with Gasteiger partial charge in [-0.3, -0.25) is 4.79 Å². The van der Waals surface area contributed by atoms with E-state index in [2.05, 4.69) is 29.0 Å². The van der Waals surface area contributed by atoms with E-state index in [1.54, 1.807) is 0 Å². The highest BCUT2D eigenvalue weighted by Gasteiger charge is 2.21. The van der Waals surface area contributed by atoms with Crippen LogP contribution in [0.15, 0.2) is 36.7 Å². The Hall–Kier alpha value is -1.94. The molecule has 0 aliphatic rings. The summed E-state index contributed by atoms with van der Waals surface area (Å²) in [6.07, 6.45) is 12.8. The molecule has 0 radical (unpaired) electrons. The van der Waals surface area contributed by atoms with Crippen LogP contribution in [0.25, 0.3) is 11.4 Å². The Kier molecular flexibility index (Phi) is 9.42. The topological polar surface area (TPSA) is 63.1 Å². The van der Waals surface area contributed by atoms with Crippen LogP contribution in [0.1, 0.15) is 63.5 Å². The predicted molar refractivity (Wildman–Crippen MR) is 115 cm³/mol. The second-order valence-corrected chi connectivity index (χ2v) is 8.00. The van der Waals surface area contributed by atoms with E-state index in [0.29, 0.717) is 0 Å². The fourth-order valence-corrected chi connectivity index (χ4v) is 3.30. The lowest BCUT2D eigenvalue weighted by molar-refractivity contribution is -0.137. The molecule has 152 valence electrons. The number of aryl methyl sites for hydroxylation is 2. The number of aliphatic carboxylic acids is 1. The number of rotatable bonds is 12. The molecule has 2 atom stereocenters. The summed E-state index contributed by atoms with van der Waals surface area (Å²) in [5.41, 5.74) is 3.35. The molecule has 28 heavy (non-hydrogen) atoms. The van der Waals surface area contributed by atoms with Crippen molar-refractivity contribution >= 4 is 17.6 Å². The van der Waals surface area contributed by atoms with Crippen molar-refractivity contribution in [2.45, 2.75) is 70.6 Å². The minimum atomic E-state index is -0.953. The highest BCUT2D eigenvalue weighted by molar-refractivity contribution is 6.29. The number of halogens is 1. The zero-order valence-corrected chi connectivity index (χ0v) is 17.7. The van der Waals surface area contributed by atoms with Crippen molar-refractivity contribution in [2.75, 3.05) is 0 Å². The molecule has 2 unspecified atom stereocenters. The van der Waals surface area contributed by atoms with Gasteiger partial charge in [0.2, 0.25) is 0 Å². The quantitative estimate of drug-likeness (QED) is 0.353. The van der Waals surface area contributed by atoms with E-state index in [0.717, 1.165) is 36.2 Å². The second-order valence-electron chi connectivity index (χ2n) is 7.53. The Balaban J connectivity index is 1.84. The Morgan fingerprint density at radius 1 is 1.00 bits per heavy atom. The van der Waals surface area contributed by atoms with Crippen LogP contribution in [-0.4, -0.2) is 26.4 Å². The second kappa shape index (κ2) is 11.8. The average Bonchev–Trinajstić information content (AvgIpc) is 2.72. The standard InChI is InChI=1S/C23H31ClN2O2/c1-3-4-5-6-7-8-19-15-25-22(26-16-19)20-13-11-18(12-14-20)10-9-17(2)21(24)23(27)28/h11-17,21H,3-10H2,1-2H3,(H,27,28). The fraction of sp³-hybridized carbons (Fsp3) is 0.522. The molecule has 1 aromatic carbocycles. The van der Waals surface area contributed by atoms with Crippen molar-refractivity contribution in [3.05, 3.63) is 47.8 Å². The molecule has 0 saturated carbocycles. The summed E-state index contributed by atoms with van der Waals surface area (Å²) in [5.74, 6) is -0.288. The van der Waals surface area contributed by atoms with Gasteiger partial charge in [0.15, 0.2) is 5.82 Å². The van der Waals surface area contributed by atoms with E-state index < -0.39 is 11.3 Å². The van der Waals surface area contributed by atoms with Gasteiger partial charge in [-0.05, 0) is 42.7 Å². The fourth-order valence-electron chi connectivity index (χ4n) is 3.17. The van der Waals surface area contributed by atoms with E-state index in [1.807, 2.05) is 31.5 Å². The average molecular weight is 403 g/mol. The first-order chi connectivity index (χ1) is 13.5. The smallest absolute Gasteiger partial charge is 0.321 e. The molecular weight excluding hydrogens is 372 g/mol. The van der Waals surface area contributed by atoms with Crippen LogP contribution in [0.5, 0.6) is 0 Å². The summed E-state index contributed by atoms with van der Waals surface area (Å²) in [4.78, 5) is 20.0. The van der Waals surface area contributed by atoms with Crippen molar-refractivity contribution in [1.29, 1.82) is 0 Å². The predicted octanol–water partition coefficient (Wildman–Crippen LogP) is 5.92. The van der Waals surface area contributed by atoms with Crippen LogP contribution in [0.2, 0.25) is 0 Å². The van der Waals surface area contributed by atoms with E-state index in [-0.39, 0.29) is 5.92 Å². The molecule has 5 heteroatoms. The van der Waals surface area contributed by atoms with Crippen LogP contribution < -0.4 is 0 Å². The lowest BCUT2D eigenvalue weighted by Crippen LogP contribution is -2.22. The Morgan fingerprint density at radius 3 is 2.25 bits per heavy atom. The van der Waals surface area contributed by atoms with Crippen LogP contribution >= 0.6 is 11.6 Å². The maximum atomic E-state index is 10.9. The van der Waals surface area contributed by atoms with Crippen molar-refractivity contribution < 1.29 is 9.90 Å². The van der Waals surface area contributed by atoms with Crippen molar-refractivity contribution in [2.24, 2.45) is 5.92 Å². The summed E-state index contributed by atoms with van der Waals surface area (Å²) < 4.78 is 0. The number of carbonyl (C=O) groups is 1. The van der Waals surface area contributed by atoms with Gasteiger partial charge in [-0.2, -0.15) is 0 Å². The lowest BCUT2D eigenvalue weighted by Gasteiger charge is -2.14. The number of aromatic nitrogens is 2. The molecule has 0 bridgehead atoms. The number of carboxylic acid groups (broad SMARTS) is 1. The normalized spacial score (nSPS) is 13.2.